The van der Waals surface area contributed by atoms with Gasteiger partial charge in [-0.1, -0.05) is 23.8 Å². The molecule has 2 nitrogen and oxygen atoms in total. The maximum atomic E-state index is 13.2. The second kappa shape index (κ2) is 5.86. The van der Waals surface area contributed by atoms with Gasteiger partial charge in [0.25, 0.3) is 0 Å². The van der Waals surface area contributed by atoms with Crippen molar-refractivity contribution in [2.45, 2.75) is 0 Å². The molecule has 0 radical (unpaired) electrons. The van der Waals surface area contributed by atoms with Crippen LogP contribution in [0.5, 0.6) is 0 Å². The fourth-order valence-corrected chi connectivity index (χ4v) is 2.25. The molecule has 3 N–H and O–H groups in total. The van der Waals surface area contributed by atoms with Gasteiger partial charge in [-0.2, -0.15) is 0 Å². The molecule has 0 aliphatic rings. The van der Waals surface area contributed by atoms with Crippen molar-refractivity contribution >= 4 is 56.1 Å². The molecule has 0 aromatic heterocycles. The highest BCUT2D eigenvalue weighted by molar-refractivity contribution is 9.10. The molecule has 0 aliphatic carbocycles. The Morgan fingerprint density at radius 1 is 1.21 bits per heavy atom. The van der Waals surface area contributed by atoms with Crippen LogP contribution in [-0.2, 0) is 0 Å². The van der Waals surface area contributed by atoms with Gasteiger partial charge in [0.15, 0.2) is 0 Å². The van der Waals surface area contributed by atoms with E-state index in [2.05, 4.69) is 21.2 Å². The van der Waals surface area contributed by atoms with E-state index >= 15 is 0 Å². The molecule has 0 amide bonds. The summed E-state index contributed by atoms with van der Waals surface area (Å²) in [6, 6.07) is 9.48. The minimum atomic E-state index is -0.337. The standard InChI is InChI=1S/C13H9BrClFN2S/c14-10-3-2-8(16)6-12(10)18-11-4-1-7(15)5-9(11)13(17)19/h1-6,18H,(H2,17,19). The van der Waals surface area contributed by atoms with Crippen molar-refractivity contribution in [1.29, 1.82) is 0 Å². The van der Waals surface area contributed by atoms with Crippen molar-refractivity contribution in [1.82, 2.24) is 0 Å². The second-order valence-corrected chi connectivity index (χ2v) is 5.53. The first kappa shape index (κ1) is 14.2. The summed E-state index contributed by atoms with van der Waals surface area (Å²) in [5, 5.41) is 3.61. The number of thiocarbonyl (C=S) groups is 1. The molecule has 6 heteroatoms. The third kappa shape index (κ3) is 3.43. The van der Waals surface area contributed by atoms with Gasteiger partial charge in [0.05, 0.1) is 5.69 Å². The van der Waals surface area contributed by atoms with Crippen LogP contribution in [-0.4, -0.2) is 4.99 Å². The molecule has 0 aliphatic heterocycles. The van der Waals surface area contributed by atoms with E-state index in [0.29, 0.717) is 22.0 Å². The lowest BCUT2D eigenvalue weighted by molar-refractivity contribution is 0.628. The zero-order valence-electron chi connectivity index (χ0n) is 9.58. The summed E-state index contributed by atoms with van der Waals surface area (Å²) >= 11 is 14.2. The Morgan fingerprint density at radius 3 is 2.63 bits per heavy atom. The van der Waals surface area contributed by atoms with Crippen molar-refractivity contribution < 1.29 is 4.39 Å². The van der Waals surface area contributed by atoms with E-state index in [4.69, 9.17) is 29.6 Å². The fraction of sp³-hybridized carbons (Fsp3) is 0. The number of anilines is 2. The van der Waals surface area contributed by atoms with Gasteiger partial charge in [-0.15, -0.1) is 0 Å². The quantitative estimate of drug-likeness (QED) is 0.785. The molecule has 0 atom stereocenters. The van der Waals surface area contributed by atoms with Crippen molar-refractivity contribution in [3.05, 3.63) is 57.3 Å². The average Bonchev–Trinajstić information content (AvgIpc) is 2.35. The normalized spacial score (nSPS) is 10.3. The molecular formula is C13H9BrClFN2S. The van der Waals surface area contributed by atoms with Crippen LogP contribution < -0.4 is 11.1 Å². The smallest absolute Gasteiger partial charge is 0.125 e. The first-order valence-electron chi connectivity index (χ1n) is 5.29. The van der Waals surface area contributed by atoms with E-state index in [1.165, 1.54) is 12.1 Å². The predicted octanol–water partition coefficient (Wildman–Crippen LogP) is 4.62. The number of nitrogens with two attached hydrogens (primary N) is 1. The minimum absolute atomic E-state index is 0.220. The third-order valence-electron chi connectivity index (χ3n) is 2.44. The van der Waals surface area contributed by atoms with E-state index in [1.54, 1.807) is 24.3 Å². The van der Waals surface area contributed by atoms with E-state index in [9.17, 15) is 4.39 Å². The largest absolute Gasteiger partial charge is 0.389 e. The topological polar surface area (TPSA) is 38.0 Å². The number of hydrogen-bond donors (Lipinski definition) is 2. The van der Waals surface area contributed by atoms with Crippen LogP contribution in [0.2, 0.25) is 5.02 Å². The van der Waals surface area contributed by atoms with Gasteiger partial charge in [0, 0.05) is 20.7 Å². The van der Waals surface area contributed by atoms with Gasteiger partial charge in [-0.05, 0) is 52.3 Å². The molecule has 0 unspecified atom stereocenters. The molecule has 98 valence electrons. The number of halogens is 3. The van der Waals surface area contributed by atoms with Crippen LogP contribution in [0.3, 0.4) is 0 Å². The van der Waals surface area contributed by atoms with Gasteiger partial charge in [0.1, 0.15) is 10.8 Å². The van der Waals surface area contributed by atoms with E-state index in [0.717, 1.165) is 4.47 Å². The molecule has 0 spiro atoms. The third-order valence-corrected chi connectivity index (χ3v) is 3.59. The Kier molecular flexibility index (Phi) is 4.39. The Labute approximate surface area is 128 Å². The molecular weight excluding hydrogens is 351 g/mol. The summed E-state index contributed by atoms with van der Waals surface area (Å²) in [7, 11) is 0. The van der Waals surface area contributed by atoms with Crippen LogP contribution in [0.25, 0.3) is 0 Å². The number of benzene rings is 2. The zero-order valence-corrected chi connectivity index (χ0v) is 12.7. The highest BCUT2D eigenvalue weighted by Gasteiger charge is 2.09. The lowest BCUT2D eigenvalue weighted by Crippen LogP contribution is -2.12. The van der Waals surface area contributed by atoms with Crippen LogP contribution in [0.15, 0.2) is 40.9 Å². The van der Waals surface area contributed by atoms with Crippen LogP contribution in [0.1, 0.15) is 5.56 Å². The maximum Gasteiger partial charge on any atom is 0.125 e. The van der Waals surface area contributed by atoms with Crippen molar-refractivity contribution in [3.63, 3.8) is 0 Å². The molecule has 2 aromatic carbocycles. The van der Waals surface area contributed by atoms with Crippen molar-refractivity contribution in [3.8, 4) is 0 Å². The molecule has 0 fully saturated rings. The Bertz CT molecular complexity index is 649. The SMILES string of the molecule is NC(=S)c1cc(Cl)ccc1Nc1cc(F)ccc1Br. The molecule has 0 saturated carbocycles. The van der Waals surface area contributed by atoms with Crippen molar-refractivity contribution in [2.24, 2.45) is 5.73 Å². The molecule has 0 saturated heterocycles. The predicted molar refractivity (Wildman–Crippen MR) is 84.7 cm³/mol. The van der Waals surface area contributed by atoms with Gasteiger partial charge >= 0.3 is 0 Å². The molecule has 0 bridgehead atoms. The Balaban J connectivity index is 2.43. The number of rotatable bonds is 3. The van der Waals surface area contributed by atoms with E-state index < -0.39 is 0 Å². The Morgan fingerprint density at radius 2 is 1.95 bits per heavy atom. The first-order chi connectivity index (χ1) is 8.97. The van der Waals surface area contributed by atoms with E-state index in [-0.39, 0.29) is 10.8 Å². The molecule has 0 heterocycles. The van der Waals surface area contributed by atoms with Gasteiger partial charge in [-0.25, -0.2) is 4.39 Å². The van der Waals surface area contributed by atoms with Gasteiger partial charge in [0.2, 0.25) is 0 Å². The number of hydrogen-bond acceptors (Lipinski definition) is 2. The molecule has 19 heavy (non-hydrogen) atoms. The first-order valence-corrected chi connectivity index (χ1v) is 6.87. The van der Waals surface area contributed by atoms with Crippen molar-refractivity contribution in [2.75, 3.05) is 5.32 Å². The summed E-state index contributed by atoms with van der Waals surface area (Å²) in [6.07, 6.45) is 0. The summed E-state index contributed by atoms with van der Waals surface area (Å²) < 4.78 is 14.0. The summed E-state index contributed by atoms with van der Waals surface area (Å²) in [6.45, 7) is 0. The maximum absolute atomic E-state index is 13.2. The molecule has 2 rings (SSSR count). The zero-order chi connectivity index (χ0) is 14.0. The molecule has 2 aromatic rings. The van der Waals surface area contributed by atoms with Crippen LogP contribution in [0, 0.1) is 5.82 Å². The summed E-state index contributed by atoms with van der Waals surface area (Å²) in [5.41, 5.74) is 7.51. The van der Waals surface area contributed by atoms with Gasteiger partial charge in [-0.3, -0.25) is 0 Å². The van der Waals surface area contributed by atoms with E-state index in [1.807, 2.05) is 0 Å². The minimum Gasteiger partial charge on any atom is -0.389 e. The number of nitrogens with one attached hydrogen (secondary N) is 1. The lowest BCUT2D eigenvalue weighted by Gasteiger charge is -2.13. The lowest BCUT2D eigenvalue weighted by atomic mass is 10.1. The van der Waals surface area contributed by atoms with Crippen LogP contribution in [0.4, 0.5) is 15.8 Å². The average molecular weight is 360 g/mol. The van der Waals surface area contributed by atoms with Crippen LogP contribution >= 0.6 is 39.7 Å². The fourth-order valence-electron chi connectivity index (χ4n) is 1.57. The second-order valence-electron chi connectivity index (χ2n) is 3.80. The monoisotopic (exact) mass is 358 g/mol. The van der Waals surface area contributed by atoms with Gasteiger partial charge < -0.3 is 11.1 Å². The summed E-state index contributed by atoms with van der Waals surface area (Å²) in [5.74, 6) is -0.337. The Hall–Kier alpha value is -1.17. The highest BCUT2D eigenvalue weighted by Crippen LogP contribution is 2.29. The highest BCUT2D eigenvalue weighted by atomic mass is 79.9. The summed E-state index contributed by atoms with van der Waals surface area (Å²) in [4.78, 5) is 0.220.